The van der Waals surface area contributed by atoms with Crippen molar-refractivity contribution in [3.63, 3.8) is 0 Å². The highest BCUT2D eigenvalue weighted by atomic mass is 35.5. The smallest absolute Gasteiger partial charge is 0.242 e. The van der Waals surface area contributed by atoms with Gasteiger partial charge in [0.05, 0.1) is 5.69 Å². The molecule has 1 aromatic carbocycles. The number of sulfonamides is 1. The van der Waals surface area contributed by atoms with Gasteiger partial charge in [-0.25, -0.2) is 18.1 Å². The summed E-state index contributed by atoms with van der Waals surface area (Å²) in [4.78, 5) is 8.42. The van der Waals surface area contributed by atoms with E-state index in [9.17, 15) is 8.42 Å². The van der Waals surface area contributed by atoms with Crippen molar-refractivity contribution in [2.45, 2.75) is 4.90 Å². The minimum absolute atomic E-state index is 0.144. The first-order valence-corrected chi connectivity index (χ1v) is 10.1. The lowest BCUT2D eigenvalue weighted by Crippen LogP contribution is -2.28. The van der Waals surface area contributed by atoms with E-state index < -0.39 is 10.0 Å². The Labute approximate surface area is 155 Å². The second kappa shape index (κ2) is 7.92. The number of rotatable bonds is 7. The second-order valence-electron chi connectivity index (χ2n) is 5.03. The van der Waals surface area contributed by atoms with Gasteiger partial charge in [0.2, 0.25) is 10.0 Å². The molecule has 3 rings (SSSR count). The molecule has 6 nitrogen and oxygen atoms in total. The molecule has 0 fully saturated rings. The number of nitrogens with zero attached hydrogens (tertiary/aromatic N) is 2. The van der Waals surface area contributed by atoms with Crippen molar-refractivity contribution in [2.75, 3.05) is 18.4 Å². The molecule has 0 radical (unpaired) electrons. The number of thiazole rings is 1. The molecule has 0 amide bonds. The number of anilines is 1. The van der Waals surface area contributed by atoms with Crippen LogP contribution in [0.5, 0.6) is 0 Å². The lowest BCUT2D eigenvalue weighted by Gasteiger charge is -2.06. The van der Waals surface area contributed by atoms with Gasteiger partial charge in [0.1, 0.15) is 4.90 Å². The van der Waals surface area contributed by atoms with E-state index in [2.05, 4.69) is 20.0 Å². The van der Waals surface area contributed by atoms with E-state index >= 15 is 0 Å². The summed E-state index contributed by atoms with van der Waals surface area (Å²) < 4.78 is 26.6. The number of hydrogen-bond donors (Lipinski definition) is 2. The van der Waals surface area contributed by atoms with Crippen LogP contribution >= 0.6 is 22.9 Å². The molecule has 3 aromatic rings. The summed E-state index contributed by atoms with van der Waals surface area (Å²) in [7, 11) is -3.55. The maximum atomic E-state index is 12.1. The summed E-state index contributed by atoms with van der Waals surface area (Å²) in [6, 6.07) is 10.6. The third kappa shape index (κ3) is 4.55. The average Bonchev–Trinajstić information content (AvgIpc) is 3.09. The van der Waals surface area contributed by atoms with Crippen molar-refractivity contribution in [1.82, 2.24) is 14.7 Å². The Balaban J connectivity index is 1.54. The van der Waals surface area contributed by atoms with Crippen molar-refractivity contribution >= 4 is 38.1 Å². The van der Waals surface area contributed by atoms with Gasteiger partial charge in [-0.2, -0.15) is 0 Å². The SMILES string of the molecule is O=S(=O)(NCCNc1nc(-c2ccccc2Cl)cs1)c1cccnc1. The van der Waals surface area contributed by atoms with Gasteiger partial charge in [0.25, 0.3) is 0 Å². The third-order valence-corrected chi connectivity index (χ3v) is 5.87. The van der Waals surface area contributed by atoms with Gasteiger partial charge < -0.3 is 5.32 Å². The van der Waals surface area contributed by atoms with Crippen molar-refractivity contribution in [3.8, 4) is 11.3 Å². The Kier molecular flexibility index (Phi) is 5.64. The van der Waals surface area contributed by atoms with Crippen LogP contribution in [-0.4, -0.2) is 31.5 Å². The Bertz CT molecular complexity index is 946. The van der Waals surface area contributed by atoms with Crippen molar-refractivity contribution in [2.24, 2.45) is 0 Å². The highest BCUT2D eigenvalue weighted by Crippen LogP contribution is 2.30. The fraction of sp³-hybridized carbons (Fsp3) is 0.125. The Morgan fingerprint density at radius 2 is 1.96 bits per heavy atom. The van der Waals surface area contributed by atoms with Crippen molar-refractivity contribution in [1.29, 1.82) is 0 Å². The Hall–Kier alpha value is -2.00. The molecule has 0 aliphatic carbocycles. The molecule has 2 aromatic heterocycles. The second-order valence-corrected chi connectivity index (χ2v) is 8.06. The van der Waals surface area contributed by atoms with E-state index in [0.29, 0.717) is 16.7 Å². The monoisotopic (exact) mass is 394 g/mol. The van der Waals surface area contributed by atoms with Crippen LogP contribution in [0, 0.1) is 0 Å². The fourth-order valence-corrected chi connectivity index (χ4v) is 4.06. The number of benzene rings is 1. The summed E-state index contributed by atoms with van der Waals surface area (Å²) in [6.07, 6.45) is 2.84. The average molecular weight is 395 g/mol. The maximum absolute atomic E-state index is 12.1. The number of aromatic nitrogens is 2. The van der Waals surface area contributed by atoms with E-state index in [0.717, 1.165) is 11.3 Å². The highest BCUT2D eigenvalue weighted by molar-refractivity contribution is 7.89. The molecule has 130 valence electrons. The van der Waals surface area contributed by atoms with Crippen molar-refractivity contribution in [3.05, 3.63) is 59.2 Å². The van der Waals surface area contributed by atoms with E-state index in [1.54, 1.807) is 6.07 Å². The lowest BCUT2D eigenvalue weighted by atomic mass is 10.2. The van der Waals surface area contributed by atoms with Gasteiger partial charge in [-0.3, -0.25) is 4.98 Å². The summed E-state index contributed by atoms with van der Waals surface area (Å²) in [5.74, 6) is 0. The maximum Gasteiger partial charge on any atom is 0.242 e. The predicted octanol–water partition coefficient (Wildman–Crippen LogP) is 3.25. The first-order valence-electron chi connectivity index (χ1n) is 7.40. The van der Waals surface area contributed by atoms with Crippen LogP contribution < -0.4 is 10.0 Å². The summed E-state index contributed by atoms with van der Waals surface area (Å²) in [6.45, 7) is 0.646. The van der Waals surface area contributed by atoms with E-state index in [1.165, 1.54) is 29.8 Å². The number of halogens is 1. The number of nitrogens with one attached hydrogen (secondary N) is 2. The lowest BCUT2D eigenvalue weighted by molar-refractivity contribution is 0.582. The van der Waals surface area contributed by atoms with E-state index in [1.807, 2.05) is 29.6 Å². The summed E-state index contributed by atoms with van der Waals surface area (Å²) in [5, 5.41) is 6.35. The van der Waals surface area contributed by atoms with Crippen LogP contribution in [0.3, 0.4) is 0 Å². The van der Waals surface area contributed by atoms with Crippen LogP contribution in [0.1, 0.15) is 0 Å². The minimum Gasteiger partial charge on any atom is -0.360 e. The zero-order valence-electron chi connectivity index (χ0n) is 13.0. The third-order valence-electron chi connectivity index (χ3n) is 3.29. The fourth-order valence-electron chi connectivity index (χ4n) is 2.09. The Morgan fingerprint density at radius 3 is 2.72 bits per heavy atom. The van der Waals surface area contributed by atoms with Gasteiger partial charge in [0, 0.05) is 41.4 Å². The number of pyridine rings is 1. The minimum atomic E-state index is -3.55. The quantitative estimate of drug-likeness (QED) is 0.601. The standard InChI is InChI=1S/C16H15ClN4O2S2/c17-14-6-2-1-5-13(14)15-11-24-16(21-15)19-8-9-20-25(22,23)12-4-3-7-18-10-12/h1-7,10-11,20H,8-9H2,(H,19,21). The molecule has 2 heterocycles. The highest BCUT2D eigenvalue weighted by Gasteiger charge is 2.13. The Morgan fingerprint density at radius 1 is 1.12 bits per heavy atom. The van der Waals surface area contributed by atoms with Crippen molar-refractivity contribution < 1.29 is 8.42 Å². The van der Waals surface area contributed by atoms with E-state index in [-0.39, 0.29) is 11.4 Å². The van der Waals surface area contributed by atoms with Gasteiger partial charge in [0.15, 0.2) is 5.13 Å². The van der Waals surface area contributed by atoms with Gasteiger partial charge in [-0.1, -0.05) is 29.8 Å². The molecular weight excluding hydrogens is 380 g/mol. The molecule has 2 N–H and O–H groups in total. The summed E-state index contributed by atoms with van der Waals surface area (Å²) >= 11 is 7.60. The summed E-state index contributed by atoms with van der Waals surface area (Å²) in [5.41, 5.74) is 1.65. The molecular formula is C16H15ClN4O2S2. The molecule has 0 saturated carbocycles. The molecule has 0 aliphatic rings. The molecule has 0 atom stereocenters. The van der Waals surface area contributed by atoms with Crippen LogP contribution in [0.25, 0.3) is 11.3 Å². The first-order chi connectivity index (χ1) is 12.1. The van der Waals surface area contributed by atoms with Crippen LogP contribution in [0.4, 0.5) is 5.13 Å². The van der Waals surface area contributed by atoms with Gasteiger partial charge in [-0.05, 0) is 18.2 Å². The van der Waals surface area contributed by atoms with Gasteiger partial charge >= 0.3 is 0 Å². The van der Waals surface area contributed by atoms with Gasteiger partial charge in [-0.15, -0.1) is 11.3 Å². The molecule has 0 saturated heterocycles. The van der Waals surface area contributed by atoms with E-state index in [4.69, 9.17) is 11.6 Å². The van der Waals surface area contributed by atoms with Crippen LogP contribution in [-0.2, 0) is 10.0 Å². The van der Waals surface area contributed by atoms with Crippen LogP contribution in [0.2, 0.25) is 5.02 Å². The first kappa shape index (κ1) is 17.8. The molecule has 25 heavy (non-hydrogen) atoms. The zero-order chi connectivity index (χ0) is 17.7. The molecule has 0 aliphatic heterocycles. The zero-order valence-corrected chi connectivity index (χ0v) is 15.4. The molecule has 9 heteroatoms. The molecule has 0 spiro atoms. The normalized spacial score (nSPS) is 11.4. The predicted molar refractivity (Wildman–Crippen MR) is 100 cm³/mol. The topological polar surface area (TPSA) is 84.0 Å². The van der Waals surface area contributed by atoms with Crippen LogP contribution in [0.15, 0.2) is 59.1 Å². The largest absolute Gasteiger partial charge is 0.360 e. The molecule has 0 bridgehead atoms. The number of hydrogen-bond acceptors (Lipinski definition) is 6. The molecule has 0 unspecified atom stereocenters.